The van der Waals surface area contributed by atoms with Gasteiger partial charge < -0.3 is 0 Å². The maximum atomic E-state index is 13.9. The lowest BCUT2D eigenvalue weighted by molar-refractivity contribution is -0.662. The van der Waals surface area contributed by atoms with Crippen molar-refractivity contribution in [2.45, 2.75) is 45.4 Å². The number of benzene rings is 2. The average molecular weight is 335 g/mol. The lowest BCUT2D eigenvalue weighted by Gasteiger charge is -2.13. The normalized spacial score (nSPS) is 15.2. The van der Waals surface area contributed by atoms with Crippen LogP contribution in [0, 0.1) is 19.7 Å². The van der Waals surface area contributed by atoms with Crippen LogP contribution in [0.5, 0.6) is 0 Å². The molecule has 0 amide bonds. The minimum atomic E-state index is -0.145. The van der Waals surface area contributed by atoms with Crippen molar-refractivity contribution in [3.05, 3.63) is 59.2 Å². The minimum absolute atomic E-state index is 0.145. The van der Waals surface area contributed by atoms with Crippen LogP contribution in [0.3, 0.4) is 0 Å². The summed E-state index contributed by atoms with van der Waals surface area (Å²) in [5.41, 5.74) is 6.24. The van der Waals surface area contributed by atoms with Crippen molar-refractivity contribution >= 4 is 10.9 Å². The van der Waals surface area contributed by atoms with E-state index in [2.05, 4.69) is 27.8 Å². The molecule has 0 saturated heterocycles. The Morgan fingerprint density at radius 1 is 1.04 bits per heavy atom. The third kappa shape index (κ3) is 2.82. The number of hydrogen-bond donors (Lipinski definition) is 0. The molecule has 0 atom stereocenters. The number of aromatic nitrogens is 2. The number of aryl methyl sites for hydroxylation is 3. The number of fused-ring (bicyclic) bond motifs is 1. The summed E-state index contributed by atoms with van der Waals surface area (Å²) in [5.74, 6) is 0.521. The zero-order valence-electron chi connectivity index (χ0n) is 15.1. The number of rotatable bonds is 2. The molecule has 3 heteroatoms. The topological polar surface area (TPSA) is 16.8 Å². The summed E-state index contributed by atoms with van der Waals surface area (Å²) in [6.07, 6.45) is 7.06. The first-order chi connectivity index (χ1) is 12.0. The van der Waals surface area contributed by atoms with E-state index in [0.29, 0.717) is 11.5 Å². The highest BCUT2D eigenvalue weighted by atomic mass is 19.1. The summed E-state index contributed by atoms with van der Waals surface area (Å²) >= 11 is 0. The molecular weight excluding hydrogens is 311 g/mol. The maximum Gasteiger partial charge on any atom is 0.287 e. The molecule has 3 aromatic rings. The van der Waals surface area contributed by atoms with E-state index in [4.69, 9.17) is 0 Å². The number of nitrogens with zero attached hydrogens (tertiary/aromatic N) is 2. The Morgan fingerprint density at radius 3 is 2.56 bits per heavy atom. The van der Waals surface area contributed by atoms with Gasteiger partial charge in [-0.25, -0.2) is 8.96 Å². The molecule has 0 radical (unpaired) electrons. The van der Waals surface area contributed by atoms with E-state index in [1.807, 2.05) is 33.3 Å². The highest BCUT2D eigenvalue weighted by Crippen LogP contribution is 2.36. The van der Waals surface area contributed by atoms with Crippen molar-refractivity contribution in [1.82, 2.24) is 4.98 Å². The lowest BCUT2D eigenvalue weighted by atomic mass is 9.93. The van der Waals surface area contributed by atoms with E-state index in [-0.39, 0.29) is 5.82 Å². The van der Waals surface area contributed by atoms with Crippen molar-refractivity contribution in [3.63, 3.8) is 0 Å². The smallest absolute Gasteiger partial charge is 0.232 e. The maximum absolute atomic E-state index is 13.9. The highest BCUT2D eigenvalue weighted by molar-refractivity contribution is 5.92. The van der Waals surface area contributed by atoms with Gasteiger partial charge in [0.05, 0.1) is 12.4 Å². The fourth-order valence-electron chi connectivity index (χ4n) is 4.14. The van der Waals surface area contributed by atoms with Crippen LogP contribution >= 0.6 is 0 Å². The third-order valence-electron chi connectivity index (χ3n) is 5.59. The quantitative estimate of drug-likeness (QED) is 0.593. The minimum Gasteiger partial charge on any atom is -0.232 e. The van der Waals surface area contributed by atoms with Gasteiger partial charge >= 0.3 is 0 Å². The van der Waals surface area contributed by atoms with Gasteiger partial charge in [0.25, 0.3) is 6.33 Å². The Bertz CT molecular complexity index is 956. The van der Waals surface area contributed by atoms with E-state index >= 15 is 0 Å². The zero-order chi connectivity index (χ0) is 17.6. The van der Waals surface area contributed by atoms with Crippen LogP contribution in [-0.4, -0.2) is 4.98 Å². The second-order valence-electron chi connectivity index (χ2n) is 7.38. The second-order valence-corrected chi connectivity index (χ2v) is 7.38. The van der Waals surface area contributed by atoms with Gasteiger partial charge in [-0.2, -0.15) is 0 Å². The molecule has 0 aliphatic heterocycles. The molecule has 1 saturated carbocycles. The molecular formula is C22H24FN2+. The Balaban J connectivity index is 1.97. The first kappa shape index (κ1) is 16.2. The second kappa shape index (κ2) is 6.21. The summed E-state index contributed by atoms with van der Waals surface area (Å²) in [4.78, 5) is 4.59. The molecule has 1 heterocycles. The zero-order valence-corrected chi connectivity index (χ0v) is 15.1. The summed E-state index contributed by atoms with van der Waals surface area (Å²) in [6.45, 7) is 3.80. The molecule has 2 aromatic carbocycles. The average Bonchev–Trinajstić information content (AvgIpc) is 3.13. The Labute approximate surface area is 148 Å². The van der Waals surface area contributed by atoms with Crippen LogP contribution in [0.4, 0.5) is 4.39 Å². The first-order valence-electron chi connectivity index (χ1n) is 9.10. The van der Waals surface area contributed by atoms with Crippen LogP contribution in [0.2, 0.25) is 0 Å². The van der Waals surface area contributed by atoms with Crippen LogP contribution < -0.4 is 4.57 Å². The van der Waals surface area contributed by atoms with E-state index in [9.17, 15) is 4.39 Å². The van der Waals surface area contributed by atoms with E-state index in [0.717, 1.165) is 27.7 Å². The Kier molecular flexibility index (Phi) is 4.03. The summed E-state index contributed by atoms with van der Waals surface area (Å²) in [5, 5.41) is 1.16. The lowest BCUT2D eigenvalue weighted by Crippen LogP contribution is -2.32. The molecule has 0 unspecified atom stereocenters. The van der Waals surface area contributed by atoms with Crippen molar-refractivity contribution in [3.8, 4) is 11.3 Å². The molecule has 1 aliphatic carbocycles. The van der Waals surface area contributed by atoms with Gasteiger partial charge in [-0.1, -0.05) is 18.9 Å². The van der Waals surface area contributed by atoms with Crippen molar-refractivity contribution < 1.29 is 8.96 Å². The van der Waals surface area contributed by atoms with Crippen LogP contribution in [0.15, 0.2) is 36.7 Å². The standard InChI is InChI=1S/C22H24FN2/c1-14-11-20(23)15(2)10-18(14)22-19-12-17(16-6-4-5-7-16)8-9-21(19)24-13-25(22)3/h8-13,16H,4-7H2,1-3H3/q+1. The fraction of sp³-hybridized carbons (Fsp3) is 0.364. The summed E-state index contributed by atoms with van der Waals surface area (Å²) in [7, 11) is 2.02. The van der Waals surface area contributed by atoms with Gasteiger partial charge in [-0.3, -0.25) is 0 Å². The van der Waals surface area contributed by atoms with Crippen LogP contribution in [0.25, 0.3) is 22.2 Å². The van der Waals surface area contributed by atoms with E-state index in [1.165, 1.54) is 31.2 Å². The van der Waals surface area contributed by atoms with Crippen molar-refractivity contribution in [2.75, 3.05) is 0 Å². The summed E-state index contributed by atoms with van der Waals surface area (Å²) in [6, 6.07) is 10.3. The summed E-state index contributed by atoms with van der Waals surface area (Å²) < 4.78 is 16.0. The number of hydrogen-bond acceptors (Lipinski definition) is 1. The molecule has 2 nitrogen and oxygen atoms in total. The van der Waals surface area contributed by atoms with Crippen LogP contribution in [-0.2, 0) is 7.05 Å². The monoisotopic (exact) mass is 335 g/mol. The van der Waals surface area contributed by atoms with Gasteiger partial charge in [-0.15, -0.1) is 0 Å². The van der Waals surface area contributed by atoms with Gasteiger partial charge in [0.2, 0.25) is 0 Å². The molecule has 4 rings (SSSR count). The molecule has 1 aromatic heterocycles. The van der Waals surface area contributed by atoms with Gasteiger partial charge in [0, 0.05) is 5.56 Å². The predicted molar refractivity (Wildman–Crippen MR) is 99.0 cm³/mol. The van der Waals surface area contributed by atoms with E-state index in [1.54, 1.807) is 6.07 Å². The Hall–Kier alpha value is -2.29. The van der Waals surface area contributed by atoms with E-state index < -0.39 is 0 Å². The first-order valence-corrected chi connectivity index (χ1v) is 9.10. The third-order valence-corrected chi connectivity index (χ3v) is 5.59. The van der Waals surface area contributed by atoms with Crippen molar-refractivity contribution in [2.24, 2.45) is 7.05 Å². The SMILES string of the molecule is Cc1cc(-c2c3cc(C4CCCC4)ccc3nc[n+]2C)c(C)cc1F. The molecule has 0 N–H and O–H groups in total. The molecule has 25 heavy (non-hydrogen) atoms. The molecule has 1 aliphatic rings. The van der Waals surface area contributed by atoms with Gasteiger partial charge in [-0.05, 0) is 78.5 Å². The van der Waals surface area contributed by atoms with Crippen LogP contribution in [0.1, 0.15) is 48.3 Å². The fourth-order valence-corrected chi connectivity index (χ4v) is 4.14. The largest absolute Gasteiger partial charge is 0.287 e. The molecule has 0 bridgehead atoms. The highest BCUT2D eigenvalue weighted by Gasteiger charge is 2.22. The molecule has 128 valence electrons. The van der Waals surface area contributed by atoms with Crippen molar-refractivity contribution in [1.29, 1.82) is 0 Å². The molecule has 1 fully saturated rings. The van der Waals surface area contributed by atoms with Gasteiger partial charge in [0.1, 0.15) is 11.5 Å². The predicted octanol–water partition coefficient (Wildman–Crippen LogP) is 5.14. The number of halogens is 1. The Morgan fingerprint density at radius 2 is 1.80 bits per heavy atom. The van der Waals surface area contributed by atoms with Gasteiger partial charge in [0.15, 0.2) is 5.52 Å². The molecule has 0 spiro atoms.